The van der Waals surface area contributed by atoms with Crippen molar-refractivity contribution in [2.75, 3.05) is 23.4 Å². The summed E-state index contributed by atoms with van der Waals surface area (Å²) in [5.74, 6) is 1.51. The van der Waals surface area contributed by atoms with Crippen LogP contribution in [0.4, 0.5) is 5.95 Å². The minimum absolute atomic E-state index is 0.272. The molecule has 1 unspecified atom stereocenters. The Hall–Kier alpha value is -1.90. The van der Waals surface area contributed by atoms with Gasteiger partial charge in [0.2, 0.25) is 5.95 Å². The van der Waals surface area contributed by atoms with Gasteiger partial charge in [0.05, 0.1) is 0 Å². The lowest BCUT2D eigenvalue weighted by molar-refractivity contribution is 0.684. The Balaban J connectivity index is 2.33. The second kappa shape index (κ2) is 5.61. The second-order valence-corrected chi connectivity index (χ2v) is 6.21. The number of nitrogens with one attached hydrogen (secondary N) is 2. The molecule has 9 heteroatoms. The molecule has 0 aliphatic heterocycles. The van der Waals surface area contributed by atoms with Gasteiger partial charge in [-0.05, 0) is 0 Å². The van der Waals surface area contributed by atoms with Gasteiger partial charge in [-0.1, -0.05) is 6.92 Å². The fourth-order valence-corrected chi connectivity index (χ4v) is 2.46. The van der Waals surface area contributed by atoms with Crippen LogP contribution in [0.25, 0.3) is 11.2 Å². The van der Waals surface area contributed by atoms with Crippen LogP contribution < -0.4 is 16.6 Å². The summed E-state index contributed by atoms with van der Waals surface area (Å²) in [5.41, 5.74) is -0.264. The fourth-order valence-electron chi connectivity index (χ4n) is 1.84. The van der Waals surface area contributed by atoms with Crippen molar-refractivity contribution in [3.63, 3.8) is 0 Å². The minimum Gasteiger partial charge on any atom is -0.355 e. The van der Waals surface area contributed by atoms with Crippen LogP contribution in [0.1, 0.15) is 6.92 Å². The average molecular weight is 299 g/mol. The highest BCUT2D eigenvalue weighted by atomic mass is 32.2. The number of hydrogen-bond acceptors (Lipinski definition) is 5. The van der Waals surface area contributed by atoms with E-state index in [9.17, 15) is 13.8 Å². The van der Waals surface area contributed by atoms with Crippen molar-refractivity contribution in [1.29, 1.82) is 0 Å². The number of rotatable bonds is 5. The van der Waals surface area contributed by atoms with E-state index in [2.05, 4.69) is 15.3 Å². The highest BCUT2D eigenvalue weighted by Gasteiger charge is 2.13. The molecule has 2 aromatic heterocycles. The monoisotopic (exact) mass is 299 g/mol. The van der Waals surface area contributed by atoms with Gasteiger partial charge in [0.25, 0.3) is 5.56 Å². The Morgan fingerprint density at radius 1 is 1.30 bits per heavy atom. The Morgan fingerprint density at radius 3 is 2.65 bits per heavy atom. The van der Waals surface area contributed by atoms with Crippen molar-refractivity contribution in [2.45, 2.75) is 6.92 Å². The lowest BCUT2D eigenvalue weighted by Crippen LogP contribution is -2.36. The van der Waals surface area contributed by atoms with E-state index >= 15 is 0 Å². The van der Waals surface area contributed by atoms with Crippen LogP contribution in [-0.2, 0) is 24.9 Å². The molecule has 0 radical (unpaired) electrons. The molecule has 0 spiro atoms. The first-order chi connectivity index (χ1) is 9.45. The van der Waals surface area contributed by atoms with Gasteiger partial charge in [-0.2, -0.15) is 4.98 Å². The van der Waals surface area contributed by atoms with Gasteiger partial charge in [-0.25, -0.2) is 4.79 Å². The normalized spacial score (nSPS) is 12.8. The quantitative estimate of drug-likeness (QED) is 0.748. The summed E-state index contributed by atoms with van der Waals surface area (Å²) in [6.07, 6.45) is 0. The van der Waals surface area contributed by atoms with Crippen LogP contribution in [0.2, 0.25) is 0 Å². The van der Waals surface area contributed by atoms with Crippen molar-refractivity contribution < 1.29 is 4.21 Å². The molecular weight excluding hydrogens is 282 g/mol. The molecular formula is C11H17N5O3S. The maximum atomic E-state index is 11.9. The van der Waals surface area contributed by atoms with Crippen LogP contribution >= 0.6 is 0 Å². The molecule has 0 bridgehead atoms. The van der Waals surface area contributed by atoms with E-state index in [-0.39, 0.29) is 5.52 Å². The van der Waals surface area contributed by atoms with Crippen molar-refractivity contribution in [3.8, 4) is 0 Å². The number of H-pyrrole nitrogens is 1. The van der Waals surface area contributed by atoms with Gasteiger partial charge in [0.1, 0.15) is 0 Å². The smallest absolute Gasteiger partial charge is 0.332 e. The maximum Gasteiger partial charge on any atom is 0.332 e. The van der Waals surface area contributed by atoms with E-state index in [0.717, 1.165) is 4.57 Å². The van der Waals surface area contributed by atoms with Gasteiger partial charge < -0.3 is 10.3 Å². The molecule has 0 saturated carbocycles. The summed E-state index contributed by atoms with van der Waals surface area (Å²) in [5, 5.41) is 2.97. The number of anilines is 1. The van der Waals surface area contributed by atoms with E-state index in [0.29, 0.717) is 29.6 Å². The van der Waals surface area contributed by atoms with Gasteiger partial charge in [-0.15, -0.1) is 0 Å². The molecule has 2 N–H and O–H groups in total. The third-order valence-electron chi connectivity index (χ3n) is 3.04. The lowest BCUT2D eigenvalue weighted by atomic mass is 10.5. The third-order valence-corrected chi connectivity index (χ3v) is 4.34. The summed E-state index contributed by atoms with van der Waals surface area (Å²) in [6.45, 7) is 2.34. The zero-order chi connectivity index (χ0) is 14.9. The zero-order valence-corrected chi connectivity index (χ0v) is 12.4. The van der Waals surface area contributed by atoms with E-state index in [1.807, 2.05) is 6.92 Å². The first-order valence-electron chi connectivity index (χ1n) is 6.20. The summed E-state index contributed by atoms with van der Waals surface area (Å²) in [7, 11) is 2.12. The van der Waals surface area contributed by atoms with Crippen molar-refractivity contribution in [3.05, 3.63) is 20.8 Å². The van der Waals surface area contributed by atoms with E-state index in [1.165, 1.54) is 11.6 Å². The predicted octanol–water partition coefficient (Wildman–Crippen LogP) is -0.859. The molecule has 20 heavy (non-hydrogen) atoms. The molecule has 0 fully saturated rings. The number of imidazole rings is 1. The fraction of sp³-hybridized carbons (Fsp3) is 0.545. The first kappa shape index (κ1) is 14.5. The molecule has 110 valence electrons. The third kappa shape index (κ3) is 2.53. The lowest BCUT2D eigenvalue weighted by Gasteiger charge is -2.01. The summed E-state index contributed by atoms with van der Waals surface area (Å²) in [4.78, 5) is 30.7. The predicted molar refractivity (Wildman–Crippen MR) is 78.6 cm³/mol. The van der Waals surface area contributed by atoms with Crippen molar-refractivity contribution in [1.82, 2.24) is 19.1 Å². The highest BCUT2D eigenvalue weighted by Crippen LogP contribution is 2.07. The van der Waals surface area contributed by atoms with Crippen LogP contribution in [-0.4, -0.2) is 41.4 Å². The number of fused-ring (bicyclic) bond motifs is 1. The SMILES string of the molecule is CCS(=O)CCNc1nc2c([nH]1)c(=O)n(C)c(=O)n2C. The van der Waals surface area contributed by atoms with Crippen LogP contribution in [0.3, 0.4) is 0 Å². The number of nitrogens with zero attached hydrogens (tertiary/aromatic N) is 3. The van der Waals surface area contributed by atoms with Crippen LogP contribution in [0, 0.1) is 0 Å². The largest absolute Gasteiger partial charge is 0.355 e. The summed E-state index contributed by atoms with van der Waals surface area (Å²) >= 11 is 0. The van der Waals surface area contributed by atoms with E-state index < -0.39 is 22.0 Å². The molecule has 2 rings (SSSR count). The summed E-state index contributed by atoms with van der Waals surface area (Å²) < 4.78 is 13.6. The second-order valence-electron chi connectivity index (χ2n) is 4.35. The van der Waals surface area contributed by atoms with E-state index in [1.54, 1.807) is 7.05 Å². The molecule has 0 aliphatic carbocycles. The highest BCUT2D eigenvalue weighted by molar-refractivity contribution is 7.84. The van der Waals surface area contributed by atoms with Crippen LogP contribution in [0.15, 0.2) is 9.59 Å². The number of aryl methyl sites for hydroxylation is 1. The molecule has 8 nitrogen and oxygen atoms in total. The van der Waals surface area contributed by atoms with Gasteiger partial charge in [-0.3, -0.25) is 18.1 Å². The minimum atomic E-state index is -0.860. The standard InChI is InChI=1S/C11H17N5O3S/c1-4-20(19)6-5-12-10-13-7-8(14-10)15(2)11(18)16(3)9(7)17/h4-6H2,1-3H3,(H2,12,13,14). The number of aromatic nitrogens is 4. The number of hydrogen-bond donors (Lipinski definition) is 2. The average Bonchev–Trinajstić information content (AvgIpc) is 2.87. The molecule has 1 atom stereocenters. The van der Waals surface area contributed by atoms with Gasteiger partial charge in [0, 0.05) is 42.9 Å². The molecule has 0 saturated heterocycles. The first-order valence-corrected chi connectivity index (χ1v) is 7.69. The molecule has 2 aromatic rings. The zero-order valence-electron chi connectivity index (χ0n) is 11.6. The summed E-state index contributed by atoms with van der Waals surface area (Å²) in [6, 6.07) is 0. The van der Waals surface area contributed by atoms with Crippen molar-refractivity contribution >= 4 is 27.9 Å². The molecule has 0 aliphatic rings. The molecule has 0 aromatic carbocycles. The Bertz CT molecular complexity index is 773. The van der Waals surface area contributed by atoms with Gasteiger partial charge >= 0.3 is 5.69 Å². The topological polar surface area (TPSA) is 102 Å². The van der Waals surface area contributed by atoms with Crippen molar-refractivity contribution in [2.24, 2.45) is 14.1 Å². The van der Waals surface area contributed by atoms with E-state index in [4.69, 9.17) is 0 Å². The molecule has 0 amide bonds. The Kier molecular flexibility index (Phi) is 4.07. The van der Waals surface area contributed by atoms with Crippen LogP contribution in [0.5, 0.6) is 0 Å². The maximum absolute atomic E-state index is 11.9. The number of aromatic amines is 1. The Morgan fingerprint density at radius 2 is 2.00 bits per heavy atom. The Labute approximate surface area is 117 Å². The van der Waals surface area contributed by atoms with Gasteiger partial charge in [0.15, 0.2) is 11.2 Å². The molecule has 2 heterocycles.